The molecular formula is C15H22N4O. The van der Waals surface area contributed by atoms with Gasteiger partial charge in [0, 0.05) is 0 Å². The van der Waals surface area contributed by atoms with Gasteiger partial charge >= 0.3 is 0 Å². The maximum Gasteiger partial charge on any atom is 0.142 e. The van der Waals surface area contributed by atoms with Gasteiger partial charge in [-0.15, -0.1) is 5.10 Å². The zero-order chi connectivity index (χ0) is 14.6. The second-order valence-electron chi connectivity index (χ2n) is 5.61. The topological polar surface area (TPSA) is 52.0 Å². The summed E-state index contributed by atoms with van der Waals surface area (Å²) in [5.41, 5.74) is 1.83. The van der Waals surface area contributed by atoms with Crippen molar-refractivity contribution in [2.45, 2.75) is 39.8 Å². The molecule has 0 aliphatic carbocycles. The molecule has 0 saturated carbocycles. The molecule has 0 unspecified atom stereocenters. The summed E-state index contributed by atoms with van der Waals surface area (Å²) in [6, 6.07) is 7.90. The van der Waals surface area contributed by atoms with Crippen molar-refractivity contribution in [3.8, 4) is 5.75 Å². The summed E-state index contributed by atoms with van der Waals surface area (Å²) in [5, 5.41) is 11.7. The second kappa shape index (κ2) is 5.94. The molecule has 2 rings (SSSR count). The summed E-state index contributed by atoms with van der Waals surface area (Å²) in [5.74, 6) is 0.859. The SMILES string of the molecule is CCOc1ccccc1NCc1cn(C(C)(C)C)nn1. The average molecular weight is 274 g/mol. The van der Waals surface area contributed by atoms with Gasteiger partial charge in [-0.05, 0) is 39.8 Å². The lowest BCUT2D eigenvalue weighted by molar-refractivity contribution is 0.341. The molecule has 1 heterocycles. The summed E-state index contributed by atoms with van der Waals surface area (Å²) < 4.78 is 7.45. The lowest BCUT2D eigenvalue weighted by Gasteiger charge is -2.17. The predicted molar refractivity (Wildman–Crippen MR) is 80.0 cm³/mol. The van der Waals surface area contributed by atoms with Gasteiger partial charge in [0.15, 0.2) is 0 Å². The fourth-order valence-electron chi connectivity index (χ4n) is 1.79. The molecule has 108 valence electrons. The number of anilines is 1. The molecule has 5 nitrogen and oxygen atoms in total. The van der Waals surface area contributed by atoms with Crippen LogP contribution in [0.5, 0.6) is 5.75 Å². The lowest BCUT2D eigenvalue weighted by Crippen LogP contribution is -2.22. The standard InChI is InChI=1S/C15H22N4O/c1-5-20-14-9-7-6-8-13(14)16-10-12-11-19(18-17-12)15(2,3)4/h6-9,11,16H,5,10H2,1-4H3. The summed E-state index contributed by atoms with van der Waals surface area (Å²) in [7, 11) is 0. The van der Waals surface area contributed by atoms with Gasteiger partial charge in [0.1, 0.15) is 11.4 Å². The molecule has 5 heteroatoms. The maximum atomic E-state index is 5.58. The van der Waals surface area contributed by atoms with Gasteiger partial charge in [-0.3, -0.25) is 0 Å². The Morgan fingerprint density at radius 2 is 2.00 bits per heavy atom. The first-order valence-corrected chi connectivity index (χ1v) is 6.88. The van der Waals surface area contributed by atoms with E-state index in [1.807, 2.05) is 42.1 Å². The van der Waals surface area contributed by atoms with Crippen LogP contribution in [0.15, 0.2) is 30.5 Å². The highest BCUT2D eigenvalue weighted by Crippen LogP contribution is 2.24. The smallest absolute Gasteiger partial charge is 0.142 e. The summed E-state index contributed by atoms with van der Waals surface area (Å²) in [6.45, 7) is 9.56. The van der Waals surface area contributed by atoms with Crippen LogP contribution < -0.4 is 10.1 Å². The van der Waals surface area contributed by atoms with Gasteiger partial charge in [-0.2, -0.15) is 0 Å². The minimum absolute atomic E-state index is 0.0471. The van der Waals surface area contributed by atoms with E-state index in [0.29, 0.717) is 13.2 Å². The molecule has 20 heavy (non-hydrogen) atoms. The van der Waals surface area contributed by atoms with Gasteiger partial charge in [-0.25, -0.2) is 4.68 Å². The number of nitrogens with zero attached hydrogens (tertiary/aromatic N) is 3. The van der Waals surface area contributed by atoms with Crippen LogP contribution in [0, 0.1) is 0 Å². The fraction of sp³-hybridized carbons (Fsp3) is 0.467. The molecule has 1 aromatic carbocycles. The third kappa shape index (κ3) is 3.50. The number of nitrogens with one attached hydrogen (secondary N) is 1. The van der Waals surface area contributed by atoms with Crippen LogP contribution in [0.2, 0.25) is 0 Å². The first-order chi connectivity index (χ1) is 9.50. The third-order valence-corrected chi connectivity index (χ3v) is 2.87. The Balaban J connectivity index is 2.04. The quantitative estimate of drug-likeness (QED) is 0.910. The van der Waals surface area contributed by atoms with Gasteiger partial charge in [0.2, 0.25) is 0 Å². The predicted octanol–water partition coefficient (Wildman–Crippen LogP) is 3.04. The molecule has 0 saturated heterocycles. The second-order valence-corrected chi connectivity index (χ2v) is 5.61. The third-order valence-electron chi connectivity index (χ3n) is 2.87. The molecule has 1 N–H and O–H groups in total. The van der Waals surface area contributed by atoms with E-state index in [4.69, 9.17) is 4.74 Å². The monoisotopic (exact) mass is 274 g/mol. The lowest BCUT2D eigenvalue weighted by atomic mass is 10.1. The first kappa shape index (κ1) is 14.4. The van der Waals surface area contributed by atoms with E-state index in [0.717, 1.165) is 17.1 Å². The molecule has 0 spiro atoms. The largest absolute Gasteiger partial charge is 0.492 e. The number of rotatable bonds is 5. The molecule has 0 aliphatic rings. The highest BCUT2D eigenvalue weighted by molar-refractivity contribution is 5.56. The van der Waals surface area contributed by atoms with Crippen molar-refractivity contribution < 1.29 is 4.74 Å². The van der Waals surface area contributed by atoms with E-state index in [-0.39, 0.29) is 5.54 Å². The van der Waals surface area contributed by atoms with E-state index >= 15 is 0 Å². The van der Waals surface area contributed by atoms with E-state index in [1.54, 1.807) is 0 Å². The Morgan fingerprint density at radius 1 is 1.25 bits per heavy atom. The van der Waals surface area contributed by atoms with Crippen molar-refractivity contribution in [1.29, 1.82) is 0 Å². The summed E-state index contributed by atoms with van der Waals surface area (Å²) in [4.78, 5) is 0. The number of ether oxygens (including phenoxy) is 1. The van der Waals surface area contributed by atoms with E-state index < -0.39 is 0 Å². The highest BCUT2D eigenvalue weighted by atomic mass is 16.5. The van der Waals surface area contributed by atoms with Crippen LogP contribution in [0.3, 0.4) is 0 Å². The van der Waals surface area contributed by atoms with Crippen LogP contribution in [-0.2, 0) is 12.1 Å². The Hall–Kier alpha value is -2.04. The number of hydrogen-bond donors (Lipinski definition) is 1. The zero-order valence-electron chi connectivity index (χ0n) is 12.6. The Morgan fingerprint density at radius 3 is 2.65 bits per heavy atom. The normalized spacial score (nSPS) is 11.4. The van der Waals surface area contributed by atoms with Crippen molar-refractivity contribution in [2.24, 2.45) is 0 Å². The Labute approximate surface area is 120 Å². The first-order valence-electron chi connectivity index (χ1n) is 6.88. The molecule has 0 atom stereocenters. The van der Waals surface area contributed by atoms with Crippen molar-refractivity contribution in [2.75, 3.05) is 11.9 Å². The van der Waals surface area contributed by atoms with Gasteiger partial charge in [-0.1, -0.05) is 17.3 Å². The molecule has 2 aromatic rings. The number of hydrogen-bond acceptors (Lipinski definition) is 4. The van der Waals surface area contributed by atoms with E-state index in [1.165, 1.54) is 0 Å². The minimum Gasteiger partial charge on any atom is -0.492 e. The highest BCUT2D eigenvalue weighted by Gasteiger charge is 2.15. The van der Waals surface area contributed by atoms with Crippen LogP contribution >= 0.6 is 0 Å². The zero-order valence-corrected chi connectivity index (χ0v) is 12.6. The van der Waals surface area contributed by atoms with E-state index in [9.17, 15) is 0 Å². The molecule has 0 aliphatic heterocycles. The van der Waals surface area contributed by atoms with E-state index in [2.05, 4.69) is 36.4 Å². The van der Waals surface area contributed by atoms with Crippen LogP contribution in [0.4, 0.5) is 5.69 Å². The van der Waals surface area contributed by atoms with Crippen LogP contribution in [0.1, 0.15) is 33.4 Å². The molecule has 0 bridgehead atoms. The number of aromatic nitrogens is 3. The van der Waals surface area contributed by atoms with Crippen molar-refractivity contribution in [1.82, 2.24) is 15.0 Å². The fourth-order valence-corrected chi connectivity index (χ4v) is 1.79. The molecule has 1 aromatic heterocycles. The molecular weight excluding hydrogens is 252 g/mol. The van der Waals surface area contributed by atoms with Gasteiger partial charge in [0.25, 0.3) is 0 Å². The van der Waals surface area contributed by atoms with Gasteiger partial charge < -0.3 is 10.1 Å². The number of benzene rings is 1. The van der Waals surface area contributed by atoms with Crippen LogP contribution in [0.25, 0.3) is 0 Å². The van der Waals surface area contributed by atoms with Gasteiger partial charge in [0.05, 0.1) is 30.6 Å². The number of para-hydroxylation sites is 2. The van der Waals surface area contributed by atoms with Crippen molar-refractivity contribution >= 4 is 5.69 Å². The minimum atomic E-state index is -0.0471. The maximum absolute atomic E-state index is 5.58. The Bertz CT molecular complexity index is 557. The molecule has 0 amide bonds. The Kier molecular flexibility index (Phi) is 4.27. The molecule has 0 radical (unpaired) electrons. The van der Waals surface area contributed by atoms with Crippen molar-refractivity contribution in [3.63, 3.8) is 0 Å². The summed E-state index contributed by atoms with van der Waals surface area (Å²) >= 11 is 0. The van der Waals surface area contributed by atoms with Crippen molar-refractivity contribution in [3.05, 3.63) is 36.2 Å². The van der Waals surface area contributed by atoms with Crippen LogP contribution in [-0.4, -0.2) is 21.6 Å². The summed E-state index contributed by atoms with van der Waals surface area (Å²) in [6.07, 6.45) is 1.97. The average Bonchev–Trinajstić information content (AvgIpc) is 2.87. The molecule has 0 fully saturated rings.